The van der Waals surface area contributed by atoms with E-state index in [9.17, 15) is 0 Å². The van der Waals surface area contributed by atoms with Crippen LogP contribution in [0.25, 0.3) is 0 Å². The van der Waals surface area contributed by atoms with E-state index in [0.717, 1.165) is 13.0 Å². The number of hydrogen-bond donors (Lipinski definition) is 1. The fraction of sp³-hybridized carbons (Fsp3) is 0.700. The van der Waals surface area contributed by atoms with Crippen molar-refractivity contribution < 1.29 is 0 Å². The van der Waals surface area contributed by atoms with Crippen LogP contribution in [-0.4, -0.2) is 16.3 Å². The molecule has 13 heavy (non-hydrogen) atoms. The molecule has 0 saturated heterocycles. The second kappa shape index (κ2) is 2.84. The number of hydrogen-bond acceptors (Lipinski definition) is 2. The summed E-state index contributed by atoms with van der Waals surface area (Å²) in [6.45, 7) is 2.91. The zero-order chi connectivity index (χ0) is 9.47. The molecule has 3 heteroatoms. The Balaban J connectivity index is 2.29. The Bertz CT molecular complexity index is 310. The molecule has 0 radical (unpaired) electrons. The summed E-state index contributed by atoms with van der Waals surface area (Å²) in [5.41, 5.74) is 8.55. The molecule has 2 N–H and O–H groups in total. The largest absolute Gasteiger partial charge is 0.330 e. The first kappa shape index (κ1) is 8.75. The molecule has 0 amide bonds. The van der Waals surface area contributed by atoms with Gasteiger partial charge in [-0.3, -0.25) is 4.68 Å². The fourth-order valence-electron chi connectivity index (χ4n) is 2.16. The number of aryl methyl sites for hydroxylation is 2. The van der Waals surface area contributed by atoms with E-state index in [1.807, 2.05) is 11.7 Å². The van der Waals surface area contributed by atoms with Crippen molar-refractivity contribution in [1.29, 1.82) is 0 Å². The van der Waals surface area contributed by atoms with Gasteiger partial charge in [-0.25, -0.2) is 0 Å². The van der Waals surface area contributed by atoms with Crippen molar-refractivity contribution in [3.63, 3.8) is 0 Å². The summed E-state index contributed by atoms with van der Waals surface area (Å²) in [6, 6.07) is 0. The second-order valence-corrected chi connectivity index (χ2v) is 4.15. The standard InChI is InChI=1S/C10H17N3/c1-8-7-13(2)12-9(8)10(3-4-10)5-6-11/h7H,3-6,11H2,1-2H3. The fourth-order valence-corrected chi connectivity index (χ4v) is 2.16. The van der Waals surface area contributed by atoms with E-state index in [0.29, 0.717) is 5.41 Å². The zero-order valence-corrected chi connectivity index (χ0v) is 8.38. The van der Waals surface area contributed by atoms with Gasteiger partial charge in [-0.2, -0.15) is 5.10 Å². The van der Waals surface area contributed by atoms with Crippen molar-refractivity contribution in [2.75, 3.05) is 6.54 Å². The zero-order valence-electron chi connectivity index (χ0n) is 8.38. The first-order valence-corrected chi connectivity index (χ1v) is 4.89. The molecule has 1 aliphatic rings. The molecule has 72 valence electrons. The minimum Gasteiger partial charge on any atom is -0.330 e. The van der Waals surface area contributed by atoms with E-state index < -0.39 is 0 Å². The number of aromatic nitrogens is 2. The molecule has 1 aliphatic carbocycles. The maximum Gasteiger partial charge on any atom is 0.0715 e. The maximum absolute atomic E-state index is 5.61. The Morgan fingerprint density at radius 2 is 2.31 bits per heavy atom. The van der Waals surface area contributed by atoms with Crippen LogP contribution in [0.5, 0.6) is 0 Å². The van der Waals surface area contributed by atoms with Crippen molar-refractivity contribution >= 4 is 0 Å². The molecular formula is C10H17N3. The van der Waals surface area contributed by atoms with Gasteiger partial charge >= 0.3 is 0 Å². The molecular weight excluding hydrogens is 162 g/mol. The molecule has 1 aromatic heterocycles. The van der Waals surface area contributed by atoms with Gasteiger partial charge in [0.1, 0.15) is 0 Å². The number of rotatable bonds is 3. The summed E-state index contributed by atoms with van der Waals surface area (Å²) in [7, 11) is 1.98. The van der Waals surface area contributed by atoms with E-state index >= 15 is 0 Å². The highest BCUT2D eigenvalue weighted by atomic mass is 15.3. The van der Waals surface area contributed by atoms with Gasteiger partial charge < -0.3 is 5.73 Å². The van der Waals surface area contributed by atoms with Crippen molar-refractivity contribution in [3.8, 4) is 0 Å². The molecule has 1 fully saturated rings. The van der Waals surface area contributed by atoms with E-state index in [4.69, 9.17) is 5.73 Å². The van der Waals surface area contributed by atoms with E-state index in [1.165, 1.54) is 24.1 Å². The Hall–Kier alpha value is -0.830. The lowest BCUT2D eigenvalue weighted by Crippen LogP contribution is -2.15. The number of nitrogens with two attached hydrogens (primary N) is 1. The smallest absolute Gasteiger partial charge is 0.0715 e. The van der Waals surface area contributed by atoms with Crippen LogP contribution in [0.2, 0.25) is 0 Å². The first-order chi connectivity index (χ1) is 6.18. The molecule has 0 bridgehead atoms. The Morgan fingerprint density at radius 1 is 1.62 bits per heavy atom. The van der Waals surface area contributed by atoms with Crippen molar-refractivity contribution in [2.45, 2.75) is 31.6 Å². The van der Waals surface area contributed by atoms with E-state index in [2.05, 4.69) is 18.2 Å². The predicted molar refractivity (Wildman–Crippen MR) is 52.5 cm³/mol. The first-order valence-electron chi connectivity index (χ1n) is 4.89. The van der Waals surface area contributed by atoms with Gasteiger partial charge in [-0.05, 0) is 38.3 Å². The summed E-state index contributed by atoms with van der Waals surface area (Å²) in [5, 5.41) is 4.52. The molecule has 0 spiro atoms. The Kier molecular flexibility index (Phi) is 1.91. The third-order valence-corrected chi connectivity index (χ3v) is 2.99. The van der Waals surface area contributed by atoms with Crippen molar-refractivity contribution in [2.24, 2.45) is 12.8 Å². The summed E-state index contributed by atoms with van der Waals surface area (Å²) < 4.78 is 1.90. The maximum atomic E-state index is 5.61. The average Bonchev–Trinajstić information content (AvgIpc) is 2.74. The second-order valence-electron chi connectivity index (χ2n) is 4.15. The molecule has 2 rings (SSSR count). The molecule has 1 heterocycles. The third kappa shape index (κ3) is 1.37. The molecule has 3 nitrogen and oxygen atoms in total. The lowest BCUT2D eigenvalue weighted by atomic mass is 9.96. The summed E-state index contributed by atoms with van der Waals surface area (Å²) in [5.74, 6) is 0. The van der Waals surface area contributed by atoms with E-state index in [-0.39, 0.29) is 0 Å². The molecule has 0 atom stereocenters. The van der Waals surface area contributed by atoms with Crippen LogP contribution in [0.4, 0.5) is 0 Å². The minimum absolute atomic E-state index is 0.347. The summed E-state index contributed by atoms with van der Waals surface area (Å²) >= 11 is 0. The van der Waals surface area contributed by atoms with Crippen molar-refractivity contribution in [1.82, 2.24) is 9.78 Å². The number of nitrogens with zero attached hydrogens (tertiary/aromatic N) is 2. The quantitative estimate of drug-likeness (QED) is 0.755. The monoisotopic (exact) mass is 179 g/mol. The van der Waals surface area contributed by atoms with Crippen LogP contribution < -0.4 is 5.73 Å². The summed E-state index contributed by atoms with van der Waals surface area (Å²) in [4.78, 5) is 0. The third-order valence-electron chi connectivity index (χ3n) is 2.99. The molecule has 0 unspecified atom stereocenters. The normalized spacial score (nSPS) is 19.0. The SMILES string of the molecule is Cc1cn(C)nc1C1(CCN)CC1. The molecule has 0 aliphatic heterocycles. The Labute approximate surface area is 78.9 Å². The van der Waals surface area contributed by atoms with Gasteiger partial charge in [0.25, 0.3) is 0 Å². The molecule has 0 aromatic carbocycles. The van der Waals surface area contributed by atoms with Gasteiger partial charge in [0, 0.05) is 18.7 Å². The van der Waals surface area contributed by atoms with Gasteiger partial charge in [0.15, 0.2) is 0 Å². The van der Waals surface area contributed by atoms with Crippen LogP contribution >= 0.6 is 0 Å². The highest BCUT2D eigenvalue weighted by Gasteiger charge is 2.46. The van der Waals surface area contributed by atoms with Gasteiger partial charge in [-0.15, -0.1) is 0 Å². The highest BCUT2D eigenvalue weighted by Crippen LogP contribution is 2.50. The van der Waals surface area contributed by atoms with E-state index in [1.54, 1.807) is 0 Å². The van der Waals surface area contributed by atoms with Crippen LogP contribution in [0.1, 0.15) is 30.5 Å². The van der Waals surface area contributed by atoms with Crippen LogP contribution in [0.3, 0.4) is 0 Å². The lowest BCUT2D eigenvalue weighted by Gasteiger charge is -2.11. The lowest BCUT2D eigenvalue weighted by molar-refractivity contribution is 0.589. The highest BCUT2D eigenvalue weighted by molar-refractivity contribution is 5.30. The van der Waals surface area contributed by atoms with Crippen molar-refractivity contribution in [3.05, 3.63) is 17.5 Å². The molecule has 1 aromatic rings. The minimum atomic E-state index is 0.347. The topological polar surface area (TPSA) is 43.8 Å². The summed E-state index contributed by atoms with van der Waals surface area (Å²) in [6.07, 6.45) is 5.71. The van der Waals surface area contributed by atoms with Crippen LogP contribution in [0, 0.1) is 6.92 Å². The van der Waals surface area contributed by atoms with Gasteiger partial charge in [-0.1, -0.05) is 0 Å². The molecule has 1 saturated carbocycles. The average molecular weight is 179 g/mol. The van der Waals surface area contributed by atoms with Gasteiger partial charge in [0.05, 0.1) is 5.69 Å². The van der Waals surface area contributed by atoms with Crippen LogP contribution in [0.15, 0.2) is 6.20 Å². The van der Waals surface area contributed by atoms with Crippen LogP contribution in [-0.2, 0) is 12.5 Å². The van der Waals surface area contributed by atoms with Gasteiger partial charge in [0.2, 0.25) is 0 Å². The predicted octanol–water partition coefficient (Wildman–Crippen LogP) is 1.11. The Morgan fingerprint density at radius 3 is 2.69 bits per heavy atom.